The lowest BCUT2D eigenvalue weighted by atomic mass is 9.97. The third kappa shape index (κ3) is 3.63. The summed E-state index contributed by atoms with van der Waals surface area (Å²) in [4.78, 5) is 4.17. The molecule has 0 atom stereocenters. The van der Waals surface area contributed by atoms with Gasteiger partial charge in [-0.05, 0) is 44.2 Å². The van der Waals surface area contributed by atoms with Crippen LogP contribution in [0.2, 0.25) is 5.15 Å². The van der Waals surface area contributed by atoms with E-state index in [1.165, 1.54) is 25.7 Å². The molecule has 0 saturated heterocycles. The number of anilines is 2. The molecule has 0 saturated carbocycles. The van der Waals surface area contributed by atoms with Crippen LogP contribution in [0.1, 0.15) is 32.1 Å². The van der Waals surface area contributed by atoms with Crippen LogP contribution in [0, 0.1) is 0 Å². The highest BCUT2D eigenvalue weighted by atomic mass is 35.5. The van der Waals surface area contributed by atoms with Crippen LogP contribution in [0.3, 0.4) is 0 Å². The first kappa shape index (κ1) is 12.2. The predicted molar refractivity (Wildman–Crippen MR) is 73.3 cm³/mol. The minimum atomic E-state index is 0.471. The first-order chi connectivity index (χ1) is 8.25. The quantitative estimate of drug-likeness (QED) is 0.635. The fourth-order valence-corrected chi connectivity index (χ4v) is 2.21. The smallest absolute Gasteiger partial charge is 0.150 e. The van der Waals surface area contributed by atoms with E-state index in [4.69, 9.17) is 17.3 Å². The van der Waals surface area contributed by atoms with Gasteiger partial charge in [-0.1, -0.05) is 23.3 Å². The van der Waals surface area contributed by atoms with Crippen LogP contribution in [0.15, 0.2) is 23.8 Å². The standard InChI is InChI=1S/C13H18ClN3/c14-12-7-6-11(15)13(17-12)16-9-8-10-4-2-1-3-5-10/h4,6-7H,1-3,5,8-9,15H2,(H,16,17). The van der Waals surface area contributed by atoms with E-state index in [9.17, 15) is 0 Å². The zero-order chi connectivity index (χ0) is 12.1. The Morgan fingerprint density at radius 1 is 1.35 bits per heavy atom. The van der Waals surface area contributed by atoms with E-state index < -0.39 is 0 Å². The Morgan fingerprint density at radius 2 is 2.24 bits per heavy atom. The van der Waals surface area contributed by atoms with Gasteiger partial charge in [0.05, 0.1) is 5.69 Å². The van der Waals surface area contributed by atoms with Crippen LogP contribution < -0.4 is 11.1 Å². The summed E-state index contributed by atoms with van der Waals surface area (Å²) in [5, 5.41) is 3.71. The Balaban J connectivity index is 1.85. The lowest BCUT2D eigenvalue weighted by Gasteiger charge is -2.13. The molecule has 1 heterocycles. The van der Waals surface area contributed by atoms with E-state index in [1.54, 1.807) is 17.7 Å². The minimum Gasteiger partial charge on any atom is -0.396 e. The average molecular weight is 252 g/mol. The molecule has 0 aromatic carbocycles. The van der Waals surface area contributed by atoms with Crippen LogP contribution in [-0.2, 0) is 0 Å². The summed E-state index contributed by atoms with van der Waals surface area (Å²) in [5.41, 5.74) is 8.00. The molecule has 0 spiro atoms. The van der Waals surface area contributed by atoms with Crippen LogP contribution in [0.4, 0.5) is 11.5 Å². The number of halogens is 1. The molecule has 3 nitrogen and oxygen atoms in total. The molecule has 2 rings (SSSR count). The van der Waals surface area contributed by atoms with Crippen molar-refractivity contribution in [3.05, 3.63) is 28.9 Å². The monoisotopic (exact) mass is 251 g/mol. The summed E-state index contributed by atoms with van der Waals surface area (Å²) in [7, 11) is 0. The Bertz CT molecular complexity index is 415. The molecular formula is C13H18ClN3. The average Bonchev–Trinajstić information content (AvgIpc) is 2.35. The molecule has 0 aliphatic heterocycles. The van der Waals surface area contributed by atoms with Crippen molar-refractivity contribution < 1.29 is 0 Å². The maximum atomic E-state index is 5.83. The molecule has 0 amide bonds. The van der Waals surface area contributed by atoms with E-state index >= 15 is 0 Å². The summed E-state index contributed by atoms with van der Waals surface area (Å²) in [6.45, 7) is 0.864. The minimum absolute atomic E-state index is 0.471. The van der Waals surface area contributed by atoms with Crippen molar-refractivity contribution in [2.24, 2.45) is 0 Å². The van der Waals surface area contributed by atoms with E-state index in [0.29, 0.717) is 16.7 Å². The molecule has 1 aromatic rings. The first-order valence-corrected chi connectivity index (χ1v) is 6.47. The molecule has 3 N–H and O–H groups in total. The normalized spacial score (nSPS) is 15.5. The van der Waals surface area contributed by atoms with Crippen molar-refractivity contribution >= 4 is 23.1 Å². The Kier molecular flexibility index (Phi) is 4.26. The van der Waals surface area contributed by atoms with Gasteiger partial charge in [0.1, 0.15) is 5.15 Å². The molecule has 1 aliphatic rings. The Morgan fingerprint density at radius 3 is 3.00 bits per heavy atom. The highest BCUT2D eigenvalue weighted by Crippen LogP contribution is 2.21. The van der Waals surface area contributed by atoms with Gasteiger partial charge >= 0.3 is 0 Å². The summed E-state index contributed by atoms with van der Waals surface area (Å²) in [6, 6.07) is 3.48. The summed E-state index contributed by atoms with van der Waals surface area (Å²) in [5.74, 6) is 0.689. The van der Waals surface area contributed by atoms with Gasteiger partial charge in [-0.3, -0.25) is 0 Å². The van der Waals surface area contributed by atoms with Gasteiger partial charge < -0.3 is 11.1 Å². The Hall–Kier alpha value is -1.22. The number of nitrogens with zero attached hydrogens (tertiary/aromatic N) is 1. The van der Waals surface area contributed by atoms with Gasteiger partial charge in [-0.15, -0.1) is 0 Å². The van der Waals surface area contributed by atoms with Gasteiger partial charge in [0.2, 0.25) is 0 Å². The van der Waals surface area contributed by atoms with Crippen molar-refractivity contribution in [2.45, 2.75) is 32.1 Å². The lowest BCUT2D eigenvalue weighted by molar-refractivity contribution is 0.679. The second kappa shape index (κ2) is 5.92. The largest absolute Gasteiger partial charge is 0.396 e. The molecule has 0 unspecified atom stereocenters. The molecule has 0 radical (unpaired) electrons. The SMILES string of the molecule is Nc1ccc(Cl)nc1NCCC1=CCCCC1. The lowest BCUT2D eigenvalue weighted by Crippen LogP contribution is -2.07. The number of hydrogen-bond acceptors (Lipinski definition) is 3. The Labute approximate surface area is 107 Å². The van der Waals surface area contributed by atoms with Crippen molar-refractivity contribution in [3.63, 3.8) is 0 Å². The van der Waals surface area contributed by atoms with Gasteiger partial charge in [0, 0.05) is 6.54 Å². The second-order valence-corrected chi connectivity index (χ2v) is 4.74. The van der Waals surface area contributed by atoms with Crippen LogP contribution >= 0.6 is 11.6 Å². The third-order valence-corrected chi connectivity index (χ3v) is 3.23. The number of nitrogens with two attached hydrogens (primary N) is 1. The maximum absolute atomic E-state index is 5.83. The van der Waals surface area contributed by atoms with Crippen molar-refractivity contribution in [3.8, 4) is 0 Å². The fraction of sp³-hybridized carbons (Fsp3) is 0.462. The zero-order valence-corrected chi connectivity index (χ0v) is 10.6. The van der Waals surface area contributed by atoms with Crippen LogP contribution in [-0.4, -0.2) is 11.5 Å². The predicted octanol–water partition coefficient (Wildman–Crippen LogP) is 3.62. The third-order valence-electron chi connectivity index (χ3n) is 3.02. The molecule has 4 heteroatoms. The molecule has 0 fully saturated rings. The molecule has 17 heavy (non-hydrogen) atoms. The summed E-state index contributed by atoms with van der Waals surface area (Å²) in [6.07, 6.45) is 8.55. The number of allylic oxidation sites excluding steroid dienone is 1. The second-order valence-electron chi connectivity index (χ2n) is 4.36. The number of aromatic nitrogens is 1. The van der Waals surface area contributed by atoms with Gasteiger partial charge in [0.15, 0.2) is 5.82 Å². The van der Waals surface area contributed by atoms with Crippen LogP contribution in [0.25, 0.3) is 0 Å². The van der Waals surface area contributed by atoms with Gasteiger partial charge in [0.25, 0.3) is 0 Å². The number of nitrogens with one attached hydrogen (secondary N) is 1. The number of rotatable bonds is 4. The van der Waals surface area contributed by atoms with E-state index in [0.717, 1.165) is 13.0 Å². The molecule has 92 valence electrons. The topological polar surface area (TPSA) is 50.9 Å². The van der Waals surface area contributed by atoms with Gasteiger partial charge in [-0.2, -0.15) is 0 Å². The summed E-state index contributed by atoms with van der Waals surface area (Å²) >= 11 is 5.83. The number of hydrogen-bond donors (Lipinski definition) is 2. The molecular weight excluding hydrogens is 234 g/mol. The van der Waals surface area contributed by atoms with E-state index in [1.807, 2.05) is 0 Å². The molecule has 1 aromatic heterocycles. The first-order valence-electron chi connectivity index (χ1n) is 6.09. The highest BCUT2D eigenvalue weighted by Gasteiger charge is 2.05. The number of pyridine rings is 1. The fourth-order valence-electron chi connectivity index (χ4n) is 2.06. The van der Waals surface area contributed by atoms with Gasteiger partial charge in [-0.25, -0.2) is 4.98 Å². The van der Waals surface area contributed by atoms with Crippen LogP contribution in [0.5, 0.6) is 0 Å². The van der Waals surface area contributed by atoms with E-state index in [2.05, 4.69) is 16.4 Å². The summed E-state index contributed by atoms with van der Waals surface area (Å²) < 4.78 is 0. The zero-order valence-electron chi connectivity index (χ0n) is 9.88. The van der Waals surface area contributed by atoms with E-state index in [-0.39, 0.29) is 0 Å². The maximum Gasteiger partial charge on any atom is 0.150 e. The van der Waals surface area contributed by atoms with Crippen molar-refractivity contribution in [2.75, 3.05) is 17.6 Å². The van der Waals surface area contributed by atoms with Crippen molar-refractivity contribution in [1.29, 1.82) is 0 Å². The molecule has 1 aliphatic carbocycles. The highest BCUT2D eigenvalue weighted by molar-refractivity contribution is 6.29. The van der Waals surface area contributed by atoms with Crippen molar-refractivity contribution in [1.82, 2.24) is 4.98 Å². The number of nitrogen functional groups attached to an aromatic ring is 1. The molecule has 0 bridgehead atoms.